The first-order valence-electron chi connectivity index (χ1n) is 3.63. The van der Waals surface area contributed by atoms with Gasteiger partial charge in [0, 0.05) is 18.9 Å². The standard InChI is InChI=1S/C8H8ClN3/c9-7-2-1-3-12-5-6(4-10)11-8(7)12/h1-3,5H,4,10H2. The zero-order chi connectivity index (χ0) is 8.55. The van der Waals surface area contributed by atoms with Crippen molar-refractivity contribution in [3.05, 3.63) is 35.2 Å². The molecule has 0 aliphatic carbocycles. The van der Waals surface area contributed by atoms with Gasteiger partial charge in [0.1, 0.15) is 0 Å². The van der Waals surface area contributed by atoms with Crippen LogP contribution in [0.15, 0.2) is 24.5 Å². The minimum atomic E-state index is 0.442. The topological polar surface area (TPSA) is 43.3 Å². The van der Waals surface area contributed by atoms with Crippen molar-refractivity contribution in [3.8, 4) is 0 Å². The zero-order valence-corrected chi connectivity index (χ0v) is 7.12. The number of hydrogen-bond donors (Lipinski definition) is 1. The number of hydrogen-bond acceptors (Lipinski definition) is 2. The van der Waals surface area contributed by atoms with E-state index < -0.39 is 0 Å². The van der Waals surface area contributed by atoms with E-state index in [2.05, 4.69) is 4.98 Å². The predicted octanol–water partition coefficient (Wildman–Crippen LogP) is 1.45. The van der Waals surface area contributed by atoms with Crippen molar-refractivity contribution in [2.45, 2.75) is 6.54 Å². The minimum Gasteiger partial charge on any atom is -0.325 e. The van der Waals surface area contributed by atoms with Crippen molar-refractivity contribution in [2.75, 3.05) is 0 Å². The lowest BCUT2D eigenvalue weighted by atomic mass is 10.5. The van der Waals surface area contributed by atoms with Gasteiger partial charge < -0.3 is 10.1 Å². The van der Waals surface area contributed by atoms with Crippen molar-refractivity contribution in [1.82, 2.24) is 9.38 Å². The molecule has 0 fully saturated rings. The molecule has 0 saturated carbocycles. The van der Waals surface area contributed by atoms with Gasteiger partial charge in [0.25, 0.3) is 0 Å². The molecule has 2 N–H and O–H groups in total. The average molecular weight is 182 g/mol. The first kappa shape index (κ1) is 7.58. The quantitative estimate of drug-likeness (QED) is 0.724. The average Bonchev–Trinajstić information content (AvgIpc) is 2.49. The zero-order valence-electron chi connectivity index (χ0n) is 6.37. The van der Waals surface area contributed by atoms with Gasteiger partial charge in [0.05, 0.1) is 10.7 Å². The number of aromatic nitrogens is 2. The number of halogens is 1. The second-order valence-electron chi connectivity index (χ2n) is 2.52. The number of fused-ring (bicyclic) bond motifs is 1. The third kappa shape index (κ3) is 1.07. The van der Waals surface area contributed by atoms with Crippen molar-refractivity contribution in [3.63, 3.8) is 0 Å². The van der Waals surface area contributed by atoms with E-state index in [9.17, 15) is 0 Å². The lowest BCUT2D eigenvalue weighted by Gasteiger charge is -1.92. The summed E-state index contributed by atoms with van der Waals surface area (Å²) < 4.78 is 1.87. The summed E-state index contributed by atoms with van der Waals surface area (Å²) in [4.78, 5) is 4.24. The molecule has 0 aliphatic rings. The summed E-state index contributed by atoms with van der Waals surface area (Å²) in [6, 6.07) is 3.68. The van der Waals surface area contributed by atoms with Crippen LogP contribution in [0.1, 0.15) is 5.69 Å². The van der Waals surface area contributed by atoms with E-state index in [0.717, 1.165) is 11.3 Å². The summed E-state index contributed by atoms with van der Waals surface area (Å²) in [7, 11) is 0. The van der Waals surface area contributed by atoms with E-state index in [0.29, 0.717) is 11.6 Å². The Balaban J connectivity index is 2.74. The Morgan fingerprint density at radius 3 is 3.08 bits per heavy atom. The minimum absolute atomic E-state index is 0.442. The molecule has 0 saturated heterocycles. The lowest BCUT2D eigenvalue weighted by molar-refractivity contribution is 1.02. The summed E-state index contributed by atoms with van der Waals surface area (Å²) in [5.41, 5.74) is 7.06. The lowest BCUT2D eigenvalue weighted by Crippen LogP contribution is -1.95. The molecule has 0 amide bonds. The van der Waals surface area contributed by atoms with E-state index >= 15 is 0 Å². The Morgan fingerprint density at radius 2 is 2.42 bits per heavy atom. The van der Waals surface area contributed by atoms with Gasteiger partial charge in [-0.1, -0.05) is 11.6 Å². The van der Waals surface area contributed by atoms with Gasteiger partial charge in [-0.2, -0.15) is 0 Å². The fraction of sp³-hybridized carbons (Fsp3) is 0.125. The van der Waals surface area contributed by atoms with Crippen LogP contribution in [0.3, 0.4) is 0 Å². The fourth-order valence-corrected chi connectivity index (χ4v) is 1.34. The van der Waals surface area contributed by atoms with E-state index in [-0.39, 0.29) is 0 Å². The second-order valence-corrected chi connectivity index (χ2v) is 2.93. The predicted molar refractivity (Wildman–Crippen MR) is 48.1 cm³/mol. The molecule has 2 aromatic rings. The number of nitrogens with two attached hydrogens (primary N) is 1. The van der Waals surface area contributed by atoms with E-state index in [1.54, 1.807) is 0 Å². The molecule has 2 heterocycles. The number of pyridine rings is 1. The maximum absolute atomic E-state index is 5.90. The molecular formula is C8H8ClN3. The van der Waals surface area contributed by atoms with Crippen LogP contribution in [-0.4, -0.2) is 9.38 Å². The largest absolute Gasteiger partial charge is 0.325 e. The highest BCUT2D eigenvalue weighted by atomic mass is 35.5. The first-order valence-corrected chi connectivity index (χ1v) is 4.01. The molecule has 2 aromatic heterocycles. The maximum atomic E-state index is 5.90. The van der Waals surface area contributed by atoms with E-state index in [1.807, 2.05) is 28.9 Å². The highest BCUT2D eigenvalue weighted by molar-refractivity contribution is 6.33. The van der Waals surface area contributed by atoms with Crippen molar-refractivity contribution in [2.24, 2.45) is 5.73 Å². The van der Waals surface area contributed by atoms with Crippen LogP contribution in [0.25, 0.3) is 5.65 Å². The molecule has 3 nitrogen and oxygen atoms in total. The number of rotatable bonds is 1. The molecule has 0 unspecified atom stereocenters. The summed E-state index contributed by atoms with van der Waals surface area (Å²) in [5.74, 6) is 0. The van der Waals surface area contributed by atoms with Crippen LogP contribution in [0, 0.1) is 0 Å². The van der Waals surface area contributed by atoms with Crippen molar-refractivity contribution < 1.29 is 0 Å². The molecule has 62 valence electrons. The monoisotopic (exact) mass is 181 g/mol. The summed E-state index contributed by atoms with van der Waals surface area (Å²) in [6.45, 7) is 0.442. The van der Waals surface area contributed by atoms with Gasteiger partial charge in [-0.15, -0.1) is 0 Å². The smallest absolute Gasteiger partial charge is 0.155 e. The molecule has 0 radical (unpaired) electrons. The Morgan fingerprint density at radius 1 is 1.58 bits per heavy atom. The molecular weight excluding hydrogens is 174 g/mol. The fourth-order valence-electron chi connectivity index (χ4n) is 1.13. The number of nitrogens with zero attached hydrogens (tertiary/aromatic N) is 2. The number of imidazole rings is 1. The van der Waals surface area contributed by atoms with E-state index in [4.69, 9.17) is 17.3 Å². The molecule has 12 heavy (non-hydrogen) atoms. The van der Waals surface area contributed by atoms with Gasteiger partial charge in [0.2, 0.25) is 0 Å². The van der Waals surface area contributed by atoms with Crippen LogP contribution < -0.4 is 5.73 Å². The van der Waals surface area contributed by atoms with Crippen LogP contribution in [0.5, 0.6) is 0 Å². The maximum Gasteiger partial charge on any atom is 0.155 e. The Hall–Kier alpha value is -1.06. The highest BCUT2D eigenvalue weighted by Crippen LogP contribution is 2.15. The molecule has 0 spiro atoms. The van der Waals surface area contributed by atoms with Crippen LogP contribution in [0.4, 0.5) is 0 Å². The highest BCUT2D eigenvalue weighted by Gasteiger charge is 2.01. The molecule has 0 atom stereocenters. The molecule has 2 rings (SSSR count). The Kier molecular flexibility index (Phi) is 1.75. The molecule has 4 heteroatoms. The SMILES string of the molecule is NCc1cn2cccc(Cl)c2n1. The van der Waals surface area contributed by atoms with Crippen LogP contribution in [-0.2, 0) is 6.54 Å². The molecule has 0 bridgehead atoms. The first-order chi connectivity index (χ1) is 5.81. The summed E-state index contributed by atoms with van der Waals surface area (Å²) >= 11 is 5.90. The van der Waals surface area contributed by atoms with E-state index in [1.165, 1.54) is 0 Å². The van der Waals surface area contributed by atoms with Crippen molar-refractivity contribution in [1.29, 1.82) is 0 Å². The van der Waals surface area contributed by atoms with Gasteiger partial charge >= 0.3 is 0 Å². The molecule has 0 aromatic carbocycles. The van der Waals surface area contributed by atoms with Gasteiger partial charge in [0.15, 0.2) is 5.65 Å². The summed E-state index contributed by atoms with van der Waals surface area (Å²) in [6.07, 6.45) is 3.77. The van der Waals surface area contributed by atoms with Gasteiger partial charge in [-0.3, -0.25) is 0 Å². The van der Waals surface area contributed by atoms with Crippen LogP contribution in [0.2, 0.25) is 5.02 Å². The van der Waals surface area contributed by atoms with Crippen LogP contribution >= 0.6 is 11.6 Å². The van der Waals surface area contributed by atoms with Gasteiger partial charge in [-0.25, -0.2) is 4.98 Å². The second kappa shape index (κ2) is 2.77. The van der Waals surface area contributed by atoms with Crippen molar-refractivity contribution >= 4 is 17.2 Å². The third-order valence-corrected chi connectivity index (χ3v) is 1.99. The normalized spacial score (nSPS) is 10.8. The summed E-state index contributed by atoms with van der Waals surface area (Å²) in [5, 5.41) is 0.650. The molecule has 0 aliphatic heterocycles. The third-order valence-electron chi connectivity index (χ3n) is 1.69. The Bertz CT molecular complexity index is 408. The van der Waals surface area contributed by atoms with Gasteiger partial charge in [-0.05, 0) is 12.1 Å². The Labute approximate surface area is 74.8 Å².